The molecule has 0 aliphatic carbocycles. The van der Waals surface area contributed by atoms with Gasteiger partial charge in [-0.3, -0.25) is 4.79 Å². The van der Waals surface area contributed by atoms with Crippen LogP contribution >= 0.6 is 11.8 Å². The maximum absolute atomic E-state index is 12.1. The third-order valence-corrected chi connectivity index (χ3v) is 8.19. The summed E-state index contributed by atoms with van der Waals surface area (Å²) in [4.78, 5) is 18.5. The number of fused-ring (bicyclic) bond motifs is 1. The number of hydrogen-bond donors (Lipinski definition) is 0. The number of nitrogens with zero attached hydrogens (tertiary/aromatic N) is 2. The van der Waals surface area contributed by atoms with Crippen LogP contribution in [0.25, 0.3) is 0 Å². The summed E-state index contributed by atoms with van der Waals surface area (Å²) in [6.45, 7) is 2.69. The molecule has 0 N–H and O–H groups in total. The van der Waals surface area contributed by atoms with Gasteiger partial charge in [-0.05, 0) is 30.5 Å². The van der Waals surface area contributed by atoms with E-state index < -0.39 is 9.84 Å². The fraction of sp³-hybridized carbons (Fsp3) is 0.579. The summed E-state index contributed by atoms with van der Waals surface area (Å²) in [7, 11) is -1.38. The number of carbonyl (C=O) groups is 1. The lowest BCUT2D eigenvalue weighted by atomic mass is 10.1. The number of hydrogen-bond acceptors (Lipinski definition) is 5. The maximum Gasteiger partial charge on any atom is 0.248 e. The van der Waals surface area contributed by atoms with E-state index in [1.807, 2.05) is 36.1 Å². The first-order valence-corrected chi connectivity index (χ1v) is 12.0. The second-order valence-electron chi connectivity index (χ2n) is 6.98. The summed E-state index contributed by atoms with van der Waals surface area (Å²) < 4.78 is 29.3. The third kappa shape index (κ3) is 5.04. The zero-order chi connectivity index (χ0) is 19.4. The lowest BCUT2D eigenvalue weighted by molar-refractivity contribution is -0.117. The Hall–Kier alpha value is -1.54. The van der Waals surface area contributed by atoms with Gasteiger partial charge in [0, 0.05) is 18.2 Å². The number of rotatable bonds is 7. The number of amides is 1. The molecule has 2 fully saturated rings. The number of benzene rings is 1. The lowest BCUT2D eigenvalue weighted by Gasteiger charge is -2.24. The first kappa shape index (κ1) is 20.2. The van der Waals surface area contributed by atoms with E-state index in [0.717, 1.165) is 30.6 Å². The molecular formula is C19H26N2O4S2. The highest BCUT2D eigenvalue weighted by atomic mass is 32.2. The first-order chi connectivity index (χ1) is 12.9. The predicted molar refractivity (Wildman–Crippen MR) is 109 cm³/mol. The van der Waals surface area contributed by atoms with Crippen LogP contribution in [0.15, 0.2) is 29.3 Å². The number of sulfone groups is 1. The molecule has 0 saturated carbocycles. The van der Waals surface area contributed by atoms with Gasteiger partial charge >= 0.3 is 0 Å². The number of aliphatic imine (C=N–C) groups is 1. The molecule has 0 spiro atoms. The molecule has 3 rings (SSSR count). The van der Waals surface area contributed by atoms with Crippen molar-refractivity contribution in [1.82, 2.24) is 4.90 Å². The summed E-state index contributed by atoms with van der Waals surface area (Å²) in [5, 5.41) is 0.665. The zero-order valence-electron chi connectivity index (χ0n) is 15.8. The van der Waals surface area contributed by atoms with Crippen LogP contribution in [0, 0.1) is 0 Å². The molecule has 0 radical (unpaired) electrons. The highest BCUT2D eigenvalue weighted by Gasteiger charge is 2.48. The van der Waals surface area contributed by atoms with E-state index in [2.05, 4.69) is 4.99 Å². The van der Waals surface area contributed by atoms with Crippen molar-refractivity contribution < 1.29 is 17.9 Å². The van der Waals surface area contributed by atoms with Gasteiger partial charge in [-0.25, -0.2) is 8.42 Å². The van der Waals surface area contributed by atoms with Crippen molar-refractivity contribution in [3.8, 4) is 5.75 Å². The summed E-state index contributed by atoms with van der Waals surface area (Å²) in [6.07, 6.45) is 2.98. The molecule has 0 aromatic heterocycles. The van der Waals surface area contributed by atoms with Crippen LogP contribution in [-0.4, -0.2) is 60.8 Å². The third-order valence-electron chi connectivity index (χ3n) is 4.94. The van der Waals surface area contributed by atoms with Gasteiger partial charge in [0.15, 0.2) is 15.0 Å². The van der Waals surface area contributed by atoms with Gasteiger partial charge < -0.3 is 9.64 Å². The first-order valence-electron chi connectivity index (χ1n) is 9.30. The van der Waals surface area contributed by atoms with Gasteiger partial charge in [-0.1, -0.05) is 37.2 Å². The average Bonchev–Trinajstić information content (AvgIpc) is 3.09. The molecule has 2 aliphatic heterocycles. The molecule has 8 heteroatoms. The number of ether oxygens (including phenoxy) is 1. The van der Waals surface area contributed by atoms with Crippen molar-refractivity contribution in [2.24, 2.45) is 4.99 Å². The number of unbranched alkanes of at least 4 members (excludes halogenated alkanes) is 1. The van der Waals surface area contributed by atoms with Crippen LogP contribution < -0.4 is 4.74 Å². The van der Waals surface area contributed by atoms with Gasteiger partial charge in [0.05, 0.1) is 24.7 Å². The Balaban J connectivity index is 1.73. The Bertz CT molecular complexity index is 806. The van der Waals surface area contributed by atoms with Crippen molar-refractivity contribution in [2.45, 2.75) is 43.9 Å². The normalized spacial score (nSPS) is 25.0. The van der Waals surface area contributed by atoms with Crippen molar-refractivity contribution in [1.29, 1.82) is 0 Å². The van der Waals surface area contributed by atoms with Crippen LogP contribution in [0.4, 0.5) is 0 Å². The van der Waals surface area contributed by atoms with Crippen molar-refractivity contribution in [3.05, 3.63) is 29.8 Å². The van der Waals surface area contributed by atoms with Crippen LogP contribution in [0.5, 0.6) is 5.75 Å². The Morgan fingerprint density at radius 1 is 1.30 bits per heavy atom. The fourth-order valence-electron chi connectivity index (χ4n) is 3.43. The monoisotopic (exact) mass is 410 g/mol. The number of amidine groups is 1. The number of thioether (sulfide) groups is 1. The summed E-state index contributed by atoms with van der Waals surface area (Å²) in [6, 6.07) is 7.76. The highest BCUT2D eigenvalue weighted by molar-refractivity contribution is 8.15. The predicted octanol–water partition coefficient (Wildman–Crippen LogP) is 2.52. The molecule has 1 aromatic carbocycles. The average molecular weight is 411 g/mol. The molecule has 2 atom stereocenters. The maximum atomic E-state index is 12.1. The lowest BCUT2D eigenvalue weighted by Crippen LogP contribution is -2.39. The largest absolute Gasteiger partial charge is 0.497 e. The van der Waals surface area contributed by atoms with Gasteiger partial charge in [0.25, 0.3) is 0 Å². The second-order valence-corrected chi connectivity index (χ2v) is 10.3. The van der Waals surface area contributed by atoms with Crippen molar-refractivity contribution in [3.63, 3.8) is 0 Å². The van der Waals surface area contributed by atoms with E-state index in [0.29, 0.717) is 18.1 Å². The van der Waals surface area contributed by atoms with Crippen LogP contribution in [-0.2, 0) is 21.1 Å². The molecule has 6 nitrogen and oxygen atoms in total. The summed E-state index contributed by atoms with van der Waals surface area (Å²) >= 11 is 1.45. The molecule has 2 heterocycles. The van der Waals surface area contributed by atoms with E-state index >= 15 is 0 Å². The zero-order valence-corrected chi connectivity index (χ0v) is 17.4. The molecule has 0 unspecified atom stereocenters. The molecular weight excluding hydrogens is 384 g/mol. The molecule has 27 heavy (non-hydrogen) atoms. The Morgan fingerprint density at radius 3 is 2.70 bits per heavy atom. The number of carbonyl (C=O) groups excluding carboxylic acids is 1. The standard InChI is InChI=1S/C19H26N2O4S2/c1-3-4-5-18(22)20-19-21(16-12-27(23,24)13-17(16)26-19)11-10-14-6-8-15(25-2)9-7-14/h6-9,16-17H,3-5,10-13H2,1-2H3/t16-,17-/m1/s1. The Labute approximate surface area is 165 Å². The number of methoxy groups -OCH3 is 1. The minimum absolute atomic E-state index is 0.0245. The van der Waals surface area contributed by atoms with Gasteiger partial charge in [-0.2, -0.15) is 4.99 Å². The molecule has 2 saturated heterocycles. The molecule has 1 aromatic rings. The highest BCUT2D eigenvalue weighted by Crippen LogP contribution is 2.38. The van der Waals surface area contributed by atoms with Crippen molar-refractivity contribution in [2.75, 3.05) is 25.2 Å². The topological polar surface area (TPSA) is 76.0 Å². The minimum atomic E-state index is -3.02. The molecule has 1 amide bonds. The molecule has 2 aliphatic rings. The van der Waals surface area contributed by atoms with E-state index in [1.54, 1.807) is 7.11 Å². The van der Waals surface area contributed by atoms with Gasteiger partial charge in [-0.15, -0.1) is 0 Å². The smallest absolute Gasteiger partial charge is 0.248 e. The van der Waals surface area contributed by atoms with E-state index in [4.69, 9.17) is 4.74 Å². The van der Waals surface area contributed by atoms with Crippen LogP contribution in [0.1, 0.15) is 31.7 Å². The van der Waals surface area contributed by atoms with E-state index in [-0.39, 0.29) is 28.7 Å². The Morgan fingerprint density at radius 2 is 2.04 bits per heavy atom. The van der Waals surface area contributed by atoms with Gasteiger partial charge in [0.2, 0.25) is 5.91 Å². The van der Waals surface area contributed by atoms with E-state index in [1.165, 1.54) is 11.8 Å². The summed E-state index contributed by atoms with van der Waals surface area (Å²) in [5.41, 5.74) is 1.14. The van der Waals surface area contributed by atoms with E-state index in [9.17, 15) is 13.2 Å². The quantitative estimate of drug-likeness (QED) is 0.688. The fourth-order valence-corrected chi connectivity index (χ4v) is 7.42. The van der Waals surface area contributed by atoms with Crippen LogP contribution in [0.3, 0.4) is 0 Å². The summed E-state index contributed by atoms with van der Waals surface area (Å²) in [5.74, 6) is 1.01. The SMILES string of the molecule is CCCCC(=O)N=C1S[C@@H]2CS(=O)(=O)C[C@H]2N1CCc1ccc(OC)cc1. The molecule has 0 bridgehead atoms. The Kier molecular flexibility index (Phi) is 6.47. The van der Waals surface area contributed by atoms with Gasteiger partial charge in [0.1, 0.15) is 5.75 Å². The molecule has 148 valence electrons. The second kappa shape index (κ2) is 8.65. The van der Waals surface area contributed by atoms with Crippen molar-refractivity contribution >= 4 is 32.7 Å². The van der Waals surface area contributed by atoms with Crippen LogP contribution in [0.2, 0.25) is 0 Å². The minimum Gasteiger partial charge on any atom is -0.497 e.